The Morgan fingerprint density at radius 1 is 1.27 bits per heavy atom. The van der Waals surface area contributed by atoms with Gasteiger partial charge in [-0.3, -0.25) is 9.69 Å². The van der Waals surface area contributed by atoms with E-state index in [0.29, 0.717) is 18.1 Å². The number of hydrogen-bond donors (Lipinski definition) is 1. The summed E-state index contributed by atoms with van der Waals surface area (Å²) in [6.45, 7) is 5.31. The fourth-order valence-corrected chi connectivity index (χ4v) is 2.78. The Morgan fingerprint density at radius 2 is 1.91 bits per heavy atom. The highest BCUT2D eigenvalue weighted by molar-refractivity contribution is 6.30. The van der Waals surface area contributed by atoms with Gasteiger partial charge in [-0.2, -0.15) is 0 Å². The van der Waals surface area contributed by atoms with Gasteiger partial charge < -0.3 is 10.0 Å². The topological polar surface area (TPSA) is 43.8 Å². The number of amides is 1. The number of benzene rings is 1. The van der Waals surface area contributed by atoms with Crippen LogP contribution in [0.3, 0.4) is 0 Å². The molecule has 5 heteroatoms. The van der Waals surface area contributed by atoms with Crippen molar-refractivity contribution in [3.05, 3.63) is 40.9 Å². The predicted octanol–water partition coefficient (Wildman–Crippen LogP) is 2.27. The third-order valence-electron chi connectivity index (χ3n) is 4.11. The number of hydrogen-bond acceptors (Lipinski definition) is 3. The lowest BCUT2D eigenvalue weighted by atomic mass is 10.1. The summed E-state index contributed by atoms with van der Waals surface area (Å²) in [5.41, 5.74) is 0.961. The summed E-state index contributed by atoms with van der Waals surface area (Å²) < 4.78 is 0. The van der Waals surface area contributed by atoms with Crippen LogP contribution in [0.1, 0.15) is 18.9 Å². The highest BCUT2D eigenvalue weighted by Crippen LogP contribution is 2.12. The monoisotopic (exact) mass is 322 g/mol. The van der Waals surface area contributed by atoms with Crippen molar-refractivity contribution in [1.82, 2.24) is 9.80 Å². The molecule has 1 saturated heterocycles. The van der Waals surface area contributed by atoms with E-state index in [0.717, 1.165) is 25.1 Å². The zero-order chi connectivity index (χ0) is 15.9. The van der Waals surface area contributed by atoms with Crippen molar-refractivity contribution >= 4 is 23.6 Å². The number of piperazine rings is 1. The molecule has 0 spiro atoms. The van der Waals surface area contributed by atoms with E-state index in [1.54, 1.807) is 6.08 Å². The smallest absolute Gasteiger partial charge is 0.246 e. The molecule has 0 saturated carbocycles. The quantitative estimate of drug-likeness (QED) is 0.846. The predicted molar refractivity (Wildman–Crippen MR) is 89.8 cm³/mol. The van der Waals surface area contributed by atoms with Gasteiger partial charge in [-0.25, -0.2) is 0 Å². The summed E-state index contributed by atoms with van der Waals surface area (Å²) >= 11 is 5.84. The molecule has 1 fully saturated rings. The van der Waals surface area contributed by atoms with Gasteiger partial charge in [0.05, 0.1) is 6.61 Å². The van der Waals surface area contributed by atoms with Crippen molar-refractivity contribution in [3.8, 4) is 0 Å². The summed E-state index contributed by atoms with van der Waals surface area (Å²) in [7, 11) is 0. The molecule has 1 aromatic rings. The molecule has 1 amide bonds. The lowest BCUT2D eigenvalue weighted by molar-refractivity contribution is -0.128. The van der Waals surface area contributed by atoms with Crippen LogP contribution in [0.4, 0.5) is 0 Å². The molecule has 0 radical (unpaired) electrons. The summed E-state index contributed by atoms with van der Waals surface area (Å²) in [5.74, 6) is 0.0339. The molecular formula is C17H23ClN2O2. The third kappa shape index (κ3) is 4.57. The Kier molecular flexibility index (Phi) is 6.43. The maximum Gasteiger partial charge on any atom is 0.246 e. The first-order chi connectivity index (χ1) is 10.6. The second-order valence-electron chi connectivity index (χ2n) is 5.49. The summed E-state index contributed by atoms with van der Waals surface area (Å²) in [6.07, 6.45) is 4.36. The summed E-state index contributed by atoms with van der Waals surface area (Å²) in [6, 6.07) is 7.60. The lowest BCUT2D eigenvalue weighted by Gasteiger charge is -2.38. The second kappa shape index (κ2) is 8.32. The molecule has 1 aliphatic rings. The Bertz CT molecular complexity index is 504. The van der Waals surface area contributed by atoms with E-state index in [2.05, 4.69) is 11.8 Å². The number of nitrogens with zero attached hydrogens (tertiary/aromatic N) is 2. The molecule has 4 nitrogen and oxygen atoms in total. The average molecular weight is 323 g/mol. The molecule has 1 unspecified atom stereocenters. The van der Waals surface area contributed by atoms with E-state index in [9.17, 15) is 9.90 Å². The van der Waals surface area contributed by atoms with Gasteiger partial charge >= 0.3 is 0 Å². The molecule has 1 atom stereocenters. The van der Waals surface area contributed by atoms with Gasteiger partial charge in [0.1, 0.15) is 0 Å². The van der Waals surface area contributed by atoms with Crippen molar-refractivity contribution in [2.24, 2.45) is 0 Å². The van der Waals surface area contributed by atoms with Crippen LogP contribution in [0.25, 0.3) is 6.08 Å². The van der Waals surface area contributed by atoms with Gasteiger partial charge in [0.15, 0.2) is 0 Å². The molecular weight excluding hydrogens is 300 g/mol. The van der Waals surface area contributed by atoms with Gasteiger partial charge in [-0.1, -0.05) is 30.7 Å². The normalized spacial score (nSPS) is 17.9. The van der Waals surface area contributed by atoms with Crippen LogP contribution >= 0.6 is 11.6 Å². The van der Waals surface area contributed by atoms with Gasteiger partial charge in [-0.05, 0) is 30.2 Å². The zero-order valence-electron chi connectivity index (χ0n) is 12.9. The highest BCUT2D eigenvalue weighted by Gasteiger charge is 2.23. The maximum atomic E-state index is 12.2. The first-order valence-corrected chi connectivity index (χ1v) is 8.09. The Labute approximate surface area is 137 Å². The number of aliphatic hydroxyl groups is 1. The molecule has 2 rings (SSSR count). The minimum absolute atomic E-state index is 0.0339. The third-order valence-corrected chi connectivity index (χ3v) is 4.36. The van der Waals surface area contributed by atoms with Crippen molar-refractivity contribution in [2.45, 2.75) is 19.4 Å². The van der Waals surface area contributed by atoms with Gasteiger partial charge in [-0.15, -0.1) is 0 Å². The molecule has 0 aromatic heterocycles. The standard InChI is InChI=1S/C17H23ClN2O2/c1-2-16(13-21)19-9-11-20(12-10-19)17(22)8-5-14-3-6-15(18)7-4-14/h3-8,16,21H,2,9-13H2,1H3/b8-5+. The number of aliphatic hydroxyl groups excluding tert-OH is 1. The molecule has 120 valence electrons. The van der Waals surface area contributed by atoms with Gasteiger partial charge in [0.25, 0.3) is 0 Å². The van der Waals surface area contributed by atoms with E-state index in [4.69, 9.17) is 11.6 Å². The first-order valence-electron chi connectivity index (χ1n) is 7.71. The van der Waals surface area contributed by atoms with Crippen molar-refractivity contribution in [1.29, 1.82) is 0 Å². The summed E-state index contributed by atoms with van der Waals surface area (Å²) in [4.78, 5) is 16.3. The van der Waals surface area contributed by atoms with Crippen molar-refractivity contribution in [2.75, 3.05) is 32.8 Å². The molecule has 1 aromatic carbocycles. The minimum Gasteiger partial charge on any atom is -0.395 e. The highest BCUT2D eigenvalue weighted by atomic mass is 35.5. The molecule has 0 bridgehead atoms. The van der Waals surface area contributed by atoms with Crippen LogP contribution in [0.15, 0.2) is 30.3 Å². The van der Waals surface area contributed by atoms with E-state index >= 15 is 0 Å². The number of carbonyl (C=O) groups excluding carboxylic acids is 1. The van der Waals surface area contributed by atoms with Crippen LogP contribution in [0.2, 0.25) is 5.02 Å². The minimum atomic E-state index is 0.0339. The second-order valence-corrected chi connectivity index (χ2v) is 5.93. The first kappa shape index (κ1) is 17.0. The van der Waals surface area contributed by atoms with Crippen LogP contribution < -0.4 is 0 Å². The van der Waals surface area contributed by atoms with Crippen LogP contribution in [-0.2, 0) is 4.79 Å². The van der Waals surface area contributed by atoms with E-state index in [-0.39, 0.29) is 18.6 Å². The number of carbonyl (C=O) groups is 1. The van der Waals surface area contributed by atoms with Crippen molar-refractivity contribution in [3.63, 3.8) is 0 Å². The maximum absolute atomic E-state index is 12.2. The van der Waals surface area contributed by atoms with E-state index < -0.39 is 0 Å². The average Bonchev–Trinajstić information content (AvgIpc) is 2.56. The van der Waals surface area contributed by atoms with Crippen LogP contribution in [0.5, 0.6) is 0 Å². The van der Waals surface area contributed by atoms with Crippen LogP contribution in [0, 0.1) is 0 Å². The Balaban J connectivity index is 1.86. The Morgan fingerprint density at radius 3 is 2.45 bits per heavy atom. The number of rotatable bonds is 5. The fraction of sp³-hybridized carbons (Fsp3) is 0.471. The van der Waals surface area contributed by atoms with E-state index in [1.165, 1.54) is 0 Å². The molecule has 22 heavy (non-hydrogen) atoms. The molecule has 0 aliphatic carbocycles. The van der Waals surface area contributed by atoms with Gasteiger partial charge in [0.2, 0.25) is 5.91 Å². The van der Waals surface area contributed by atoms with E-state index in [1.807, 2.05) is 35.2 Å². The van der Waals surface area contributed by atoms with Gasteiger partial charge in [0, 0.05) is 43.3 Å². The lowest BCUT2D eigenvalue weighted by Crippen LogP contribution is -2.52. The van der Waals surface area contributed by atoms with Crippen molar-refractivity contribution < 1.29 is 9.90 Å². The largest absolute Gasteiger partial charge is 0.395 e. The molecule has 1 aliphatic heterocycles. The Hall–Kier alpha value is -1.36. The molecule has 1 N–H and O–H groups in total. The number of halogens is 1. The zero-order valence-corrected chi connectivity index (χ0v) is 13.7. The molecule has 1 heterocycles. The van der Waals surface area contributed by atoms with Crippen LogP contribution in [-0.4, -0.2) is 59.6 Å². The SMILES string of the molecule is CCC(CO)N1CCN(C(=O)/C=C/c2ccc(Cl)cc2)CC1. The summed E-state index contributed by atoms with van der Waals surface area (Å²) in [5, 5.41) is 10.0. The fourth-order valence-electron chi connectivity index (χ4n) is 2.66.